The third-order valence-corrected chi connectivity index (χ3v) is 5.17. The predicted octanol–water partition coefficient (Wildman–Crippen LogP) is 2.94. The van der Waals surface area contributed by atoms with Crippen LogP contribution in [0.3, 0.4) is 0 Å². The molecule has 0 radical (unpaired) electrons. The number of hydrogen-bond acceptors (Lipinski definition) is 2. The zero-order chi connectivity index (χ0) is 14.3. The first kappa shape index (κ1) is 14.1. The second kappa shape index (κ2) is 5.15. The van der Waals surface area contributed by atoms with Crippen LogP contribution in [0, 0.1) is 5.92 Å². The van der Waals surface area contributed by atoms with Gasteiger partial charge in [0.15, 0.2) is 0 Å². The molecule has 2 bridgehead atoms. The number of hydrogen-bond donors (Lipinski definition) is 2. The molecule has 2 N–H and O–H groups in total. The Balaban J connectivity index is 1.69. The van der Waals surface area contributed by atoms with Crippen molar-refractivity contribution in [1.82, 2.24) is 10.6 Å². The van der Waals surface area contributed by atoms with E-state index in [2.05, 4.69) is 52.5 Å². The SMILES string of the molecule is CC(C)(NC(=O)C1CC2CCC1N2)c1ccc(Br)cc1. The Bertz CT molecular complexity index is 512. The summed E-state index contributed by atoms with van der Waals surface area (Å²) >= 11 is 3.44. The van der Waals surface area contributed by atoms with Crippen molar-refractivity contribution < 1.29 is 4.79 Å². The van der Waals surface area contributed by atoms with Crippen molar-refractivity contribution in [2.75, 3.05) is 0 Å². The molecule has 1 amide bonds. The van der Waals surface area contributed by atoms with Crippen LogP contribution in [0.15, 0.2) is 28.7 Å². The van der Waals surface area contributed by atoms with E-state index >= 15 is 0 Å². The van der Waals surface area contributed by atoms with Gasteiger partial charge in [0, 0.05) is 16.6 Å². The molecule has 1 aromatic rings. The van der Waals surface area contributed by atoms with Crippen LogP contribution in [0.4, 0.5) is 0 Å². The Labute approximate surface area is 128 Å². The molecule has 2 fully saturated rings. The second-order valence-corrected chi connectivity index (χ2v) is 7.43. The van der Waals surface area contributed by atoms with Crippen LogP contribution >= 0.6 is 15.9 Å². The summed E-state index contributed by atoms with van der Waals surface area (Å²) in [5.41, 5.74) is 0.796. The normalized spacial score (nSPS) is 28.6. The maximum absolute atomic E-state index is 12.5. The van der Waals surface area contributed by atoms with Crippen LogP contribution in [0.2, 0.25) is 0 Å². The van der Waals surface area contributed by atoms with Gasteiger partial charge in [-0.15, -0.1) is 0 Å². The van der Waals surface area contributed by atoms with Crippen LogP contribution < -0.4 is 10.6 Å². The van der Waals surface area contributed by atoms with Gasteiger partial charge in [-0.3, -0.25) is 4.79 Å². The van der Waals surface area contributed by atoms with Gasteiger partial charge in [0.05, 0.1) is 11.5 Å². The van der Waals surface area contributed by atoms with Crippen molar-refractivity contribution >= 4 is 21.8 Å². The summed E-state index contributed by atoms with van der Waals surface area (Å²) in [6.07, 6.45) is 3.36. The molecular formula is C16H21BrN2O. The van der Waals surface area contributed by atoms with Crippen LogP contribution in [0.25, 0.3) is 0 Å². The molecule has 1 aromatic carbocycles. The molecule has 20 heavy (non-hydrogen) atoms. The minimum absolute atomic E-state index is 0.142. The topological polar surface area (TPSA) is 41.1 Å². The molecule has 108 valence electrons. The van der Waals surface area contributed by atoms with E-state index in [0.29, 0.717) is 12.1 Å². The van der Waals surface area contributed by atoms with Gasteiger partial charge in [0.25, 0.3) is 0 Å². The molecule has 0 saturated carbocycles. The minimum Gasteiger partial charge on any atom is -0.347 e. The Morgan fingerprint density at radius 2 is 2.00 bits per heavy atom. The van der Waals surface area contributed by atoms with E-state index in [0.717, 1.165) is 22.9 Å². The van der Waals surface area contributed by atoms with Crippen LogP contribution in [-0.4, -0.2) is 18.0 Å². The number of fused-ring (bicyclic) bond motifs is 2. The van der Waals surface area contributed by atoms with Crippen LogP contribution in [0.5, 0.6) is 0 Å². The second-order valence-electron chi connectivity index (χ2n) is 6.51. The number of nitrogens with one attached hydrogen (secondary N) is 2. The lowest BCUT2D eigenvalue weighted by Gasteiger charge is -2.30. The first-order valence-corrected chi connectivity index (χ1v) is 8.09. The molecule has 4 heteroatoms. The van der Waals surface area contributed by atoms with Crippen molar-refractivity contribution in [2.45, 2.75) is 50.7 Å². The largest absolute Gasteiger partial charge is 0.347 e. The summed E-state index contributed by atoms with van der Waals surface area (Å²) in [5.74, 6) is 0.334. The van der Waals surface area contributed by atoms with Gasteiger partial charge in [-0.05, 0) is 50.8 Å². The molecule has 0 aliphatic carbocycles. The van der Waals surface area contributed by atoms with E-state index in [4.69, 9.17) is 0 Å². The van der Waals surface area contributed by atoms with Crippen molar-refractivity contribution in [3.05, 3.63) is 34.3 Å². The van der Waals surface area contributed by atoms with Gasteiger partial charge in [-0.25, -0.2) is 0 Å². The van der Waals surface area contributed by atoms with Crippen molar-refractivity contribution in [1.29, 1.82) is 0 Å². The van der Waals surface area contributed by atoms with Gasteiger partial charge in [-0.1, -0.05) is 28.1 Å². The third-order valence-electron chi connectivity index (χ3n) is 4.64. The molecule has 3 unspecified atom stereocenters. The summed E-state index contributed by atoms with van der Waals surface area (Å²) in [7, 11) is 0. The highest BCUT2D eigenvalue weighted by Gasteiger charge is 2.43. The molecule has 3 rings (SSSR count). The third kappa shape index (κ3) is 2.63. The molecule has 0 aromatic heterocycles. The number of amides is 1. The fraction of sp³-hybridized carbons (Fsp3) is 0.562. The Morgan fingerprint density at radius 3 is 2.55 bits per heavy atom. The zero-order valence-corrected chi connectivity index (χ0v) is 13.5. The van der Waals surface area contributed by atoms with E-state index < -0.39 is 0 Å². The van der Waals surface area contributed by atoms with E-state index in [1.54, 1.807) is 0 Å². The van der Waals surface area contributed by atoms with E-state index in [9.17, 15) is 4.79 Å². The number of carbonyl (C=O) groups is 1. The van der Waals surface area contributed by atoms with Crippen molar-refractivity contribution in [2.24, 2.45) is 5.92 Å². The molecule has 2 aliphatic heterocycles. The van der Waals surface area contributed by atoms with Gasteiger partial charge >= 0.3 is 0 Å². The van der Waals surface area contributed by atoms with Crippen molar-refractivity contribution in [3.8, 4) is 0 Å². The maximum Gasteiger partial charge on any atom is 0.225 e. The standard InChI is InChI=1S/C16H21BrN2O/c1-16(2,10-3-5-11(17)6-4-10)19-15(20)13-9-12-7-8-14(13)18-12/h3-6,12-14,18H,7-9H2,1-2H3,(H,19,20). The molecule has 3 atom stereocenters. The quantitative estimate of drug-likeness (QED) is 0.890. The number of benzene rings is 1. The first-order chi connectivity index (χ1) is 9.45. The zero-order valence-electron chi connectivity index (χ0n) is 11.9. The van der Waals surface area contributed by atoms with Gasteiger partial charge in [0.2, 0.25) is 5.91 Å². The number of rotatable bonds is 3. The van der Waals surface area contributed by atoms with Gasteiger partial charge < -0.3 is 10.6 Å². The minimum atomic E-state index is -0.334. The summed E-state index contributed by atoms with van der Waals surface area (Å²) < 4.78 is 1.06. The van der Waals surface area contributed by atoms with Crippen molar-refractivity contribution in [3.63, 3.8) is 0 Å². The smallest absolute Gasteiger partial charge is 0.225 e. The van der Waals surface area contributed by atoms with Gasteiger partial charge in [0.1, 0.15) is 0 Å². The van der Waals surface area contributed by atoms with Gasteiger partial charge in [-0.2, -0.15) is 0 Å². The Hall–Kier alpha value is -0.870. The molecular weight excluding hydrogens is 316 g/mol. The lowest BCUT2D eigenvalue weighted by molar-refractivity contribution is -0.127. The fourth-order valence-electron chi connectivity index (χ4n) is 3.45. The lowest BCUT2D eigenvalue weighted by atomic mass is 9.87. The highest BCUT2D eigenvalue weighted by atomic mass is 79.9. The monoisotopic (exact) mass is 336 g/mol. The molecule has 0 spiro atoms. The average Bonchev–Trinajstić information content (AvgIpc) is 3.01. The molecule has 2 aliphatic rings. The summed E-state index contributed by atoms with van der Waals surface area (Å²) in [6, 6.07) is 9.10. The first-order valence-electron chi connectivity index (χ1n) is 7.30. The Morgan fingerprint density at radius 1 is 1.30 bits per heavy atom. The van der Waals surface area contributed by atoms with E-state index in [-0.39, 0.29) is 17.4 Å². The van der Waals surface area contributed by atoms with Crippen LogP contribution in [-0.2, 0) is 10.3 Å². The molecule has 2 heterocycles. The van der Waals surface area contributed by atoms with E-state index in [1.807, 2.05) is 12.1 Å². The fourth-order valence-corrected chi connectivity index (χ4v) is 3.72. The van der Waals surface area contributed by atoms with E-state index in [1.165, 1.54) is 6.42 Å². The Kier molecular flexibility index (Phi) is 3.63. The predicted molar refractivity (Wildman–Crippen MR) is 83.4 cm³/mol. The molecule has 3 nitrogen and oxygen atoms in total. The summed E-state index contributed by atoms with van der Waals surface area (Å²) in [5, 5.41) is 6.75. The summed E-state index contributed by atoms with van der Waals surface area (Å²) in [6.45, 7) is 4.13. The highest BCUT2D eigenvalue weighted by molar-refractivity contribution is 9.10. The molecule has 2 saturated heterocycles. The number of halogens is 1. The summed E-state index contributed by atoms with van der Waals surface area (Å²) in [4.78, 5) is 12.5. The maximum atomic E-state index is 12.5. The van der Waals surface area contributed by atoms with Crippen LogP contribution in [0.1, 0.15) is 38.7 Å². The number of carbonyl (C=O) groups excluding carboxylic acids is 1. The highest BCUT2D eigenvalue weighted by Crippen LogP contribution is 2.34. The lowest BCUT2D eigenvalue weighted by Crippen LogP contribution is -2.46. The average molecular weight is 337 g/mol.